The number of pyridine rings is 1. The number of amides is 6. The van der Waals surface area contributed by atoms with Crippen LogP contribution >= 0.6 is 0 Å². The maximum Gasteiger partial charge on any atom is 0.417 e. The van der Waals surface area contributed by atoms with Crippen molar-refractivity contribution in [3.8, 4) is 5.75 Å². The number of hydrogen-bond acceptors (Lipinski definition) is 9. The summed E-state index contributed by atoms with van der Waals surface area (Å²) in [5, 5.41) is 16.7. The van der Waals surface area contributed by atoms with Crippen LogP contribution in [0.1, 0.15) is 69.1 Å². The number of aliphatic hydroxyl groups excluding tert-OH is 1. The Balaban J connectivity index is 1.63. The lowest BCUT2D eigenvalue weighted by molar-refractivity contribution is -0.128. The highest BCUT2D eigenvalue weighted by Gasteiger charge is 2.41. The smallest absolute Gasteiger partial charge is 0.417 e. The van der Waals surface area contributed by atoms with Gasteiger partial charge in [-0.2, -0.15) is 0 Å². The highest BCUT2D eigenvalue weighted by molar-refractivity contribution is 5.90. The molecule has 2 aromatic carbocycles. The zero-order chi connectivity index (χ0) is 41.9. The summed E-state index contributed by atoms with van der Waals surface area (Å²) < 4.78 is 10.4. The number of benzene rings is 2. The molecule has 4 unspecified atom stereocenters. The van der Waals surface area contributed by atoms with Crippen LogP contribution in [0.4, 0.5) is 14.4 Å². The lowest BCUT2D eigenvalue weighted by Gasteiger charge is -2.35. The van der Waals surface area contributed by atoms with E-state index in [1.165, 1.54) is 12.1 Å². The number of rotatable bonds is 17. The molecule has 2 heterocycles. The number of nitrogens with zero attached hydrogens (tertiary/aromatic N) is 5. The van der Waals surface area contributed by atoms with E-state index in [2.05, 4.69) is 15.7 Å². The van der Waals surface area contributed by atoms with Gasteiger partial charge in [0.1, 0.15) is 11.8 Å². The maximum absolute atomic E-state index is 14.5. The standard InChI is InChI=1S/C43H61N7O7/c1-10-29(2)38(49-22-21-47(41(49)54)26-34-18-14-15-31(4)44-34)39(52)45-35(24-32-16-12-11-13-17-32)36(51)27-48(25-33-19-20-37(56-8)30(3)23-33)46-40(53)50(42(55)57-9)28-43(5,6)7/h11-20,23,29,35-36,38,51H,10,21-22,24-28H2,1-9H3,(H,45,52)(H,46,53). The average Bonchev–Trinajstić information content (AvgIpc) is 3.51. The summed E-state index contributed by atoms with van der Waals surface area (Å²) >= 11 is 0. The van der Waals surface area contributed by atoms with Crippen molar-refractivity contribution in [2.24, 2.45) is 11.3 Å². The number of aryl methyl sites for hydroxylation is 2. The number of hydrazine groups is 1. The third kappa shape index (κ3) is 12.6. The van der Waals surface area contributed by atoms with E-state index in [1.54, 1.807) is 16.9 Å². The minimum absolute atomic E-state index is 0.0708. The summed E-state index contributed by atoms with van der Waals surface area (Å²) in [6.45, 7) is 14.7. The molecule has 1 fully saturated rings. The van der Waals surface area contributed by atoms with Crippen molar-refractivity contribution in [1.82, 2.24) is 35.4 Å². The minimum Gasteiger partial charge on any atom is -0.496 e. The van der Waals surface area contributed by atoms with Crippen LogP contribution in [-0.2, 0) is 29.0 Å². The highest BCUT2D eigenvalue weighted by atomic mass is 16.5. The van der Waals surface area contributed by atoms with Gasteiger partial charge in [-0.25, -0.2) is 24.3 Å². The van der Waals surface area contributed by atoms with Gasteiger partial charge in [-0.15, -0.1) is 0 Å². The fourth-order valence-corrected chi connectivity index (χ4v) is 7.00. The van der Waals surface area contributed by atoms with E-state index in [0.717, 1.165) is 33.0 Å². The van der Waals surface area contributed by atoms with Crippen LogP contribution in [0.15, 0.2) is 66.7 Å². The molecule has 1 saturated heterocycles. The molecule has 3 N–H and O–H groups in total. The molecule has 310 valence electrons. The second-order valence-corrected chi connectivity index (χ2v) is 16.1. The maximum atomic E-state index is 14.5. The van der Waals surface area contributed by atoms with Gasteiger partial charge in [0, 0.05) is 38.4 Å². The summed E-state index contributed by atoms with van der Waals surface area (Å²) in [5.74, 6) is 0.127. The van der Waals surface area contributed by atoms with Gasteiger partial charge in [0.2, 0.25) is 5.91 Å². The molecule has 4 rings (SSSR count). The Hall–Kier alpha value is -5.21. The van der Waals surface area contributed by atoms with Crippen molar-refractivity contribution in [2.45, 2.75) is 92.6 Å². The van der Waals surface area contributed by atoms with E-state index < -0.39 is 35.7 Å². The first kappa shape index (κ1) is 44.5. The molecule has 0 bridgehead atoms. The number of ether oxygens (including phenoxy) is 2. The number of hydrogen-bond donors (Lipinski definition) is 3. The van der Waals surface area contributed by atoms with Crippen molar-refractivity contribution in [2.75, 3.05) is 40.4 Å². The Morgan fingerprint density at radius 3 is 2.32 bits per heavy atom. The average molecular weight is 788 g/mol. The van der Waals surface area contributed by atoms with E-state index in [1.807, 2.05) is 115 Å². The summed E-state index contributed by atoms with van der Waals surface area (Å²) in [6, 6.07) is 18.2. The van der Waals surface area contributed by atoms with E-state index in [9.17, 15) is 24.3 Å². The van der Waals surface area contributed by atoms with Crippen molar-refractivity contribution in [3.05, 3.63) is 94.8 Å². The molecule has 0 radical (unpaired) electrons. The summed E-state index contributed by atoms with van der Waals surface area (Å²) in [4.78, 5) is 63.9. The molecular formula is C43H61N7O7. The molecule has 0 spiro atoms. The number of aromatic nitrogens is 1. The van der Waals surface area contributed by atoms with E-state index in [-0.39, 0.29) is 43.9 Å². The largest absolute Gasteiger partial charge is 0.496 e. The van der Waals surface area contributed by atoms with Gasteiger partial charge in [0.05, 0.1) is 38.6 Å². The van der Waals surface area contributed by atoms with Crippen LogP contribution in [0.5, 0.6) is 5.75 Å². The first-order valence-corrected chi connectivity index (χ1v) is 19.6. The van der Waals surface area contributed by atoms with E-state index in [0.29, 0.717) is 31.8 Å². The van der Waals surface area contributed by atoms with Gasteiger partial charge in [0.25, 0.3) is 0 Å². The summed E-state index contributed by atoms with van der Waals surface area (Å²) in [5.41, 5.74) is 6.59. The molecule has 0 saturated carbocycles. The van der Waals surface area contributed by atoms with Crippen LogP contribution in [0.3, 0.4) is 0 Å². The van der Waals surface area contributed by atoms with Gasteiger partial charge >= 0.3 is 18.2 Å². The molecule has 3 aromatic rings. The fraction of sp³-hybridized carbons (Fsp3) is 0.512. The number of aliphatic hydroxyl groups is 1. The molecule has 1 aliphatic rings. The number of urea groups is 2. The molecule has 1 aromatic heterocycles. The van der Waals surface area contributed by atoms with Crippen LogP contribution in [-0.4, -0.2) is 112 Å². The summed E-state index contributed by atoms with van der Waals surface area (Å²) in [7, 11) is 2.80. The lowest BCUT2D eigenvalue weighted by Crippen LogP contribution is -2.59. The first-order chi connectivity index (χ1) is 27.0. The normalized spacial score (nSPS) is 15.2. The van der Waals surface area contributed by atoms with E-state index >= 15 is 0 Å². The predicted molar refractivity (Wildman–Crippen MR) is 218 cm³/mol. The zero-order valence-electron chi connectivity index (χ0n) is 34.9. The van der Waals surface area contributed by atoms with Crippen molar-refractivity contribution in [1.29, 1.82) is 0 Å². The zero-order valence-corrected chi connectivity index (χ0v) is 34.9. The third-order valence-corrected chi connectivity index (χ3v) is 10.1. The monoisotopic (exact) mass is 787 g/mol. The van der Waals surface area contributed by atoms with Gasteiger partial charge < -0.3 is 29.7 Å². The topological polar surface area (TPSA) is 157 Å². The SMILES string of the molecule is CCC(C)C(C(=O)NC(Cc1ccccc1)C(O)CN(Cc1ccc(OC)c(C)c1)NC(=O)N(CC(C)(C)C)C(=O)OC)N1CCN(Cc2cccc(C)n2)C1=O. The number of methoxy groups -OCH3 is 2. The molecule has 6 amide bonds. The highest BCUT2D eigenvalue weighted by Crippen LogP contribution is 2.24. The van der Waals surface area contributed by atoms with Crippen LogP contribution in [0.2, 0.25) is 0 Å². The number of nitrogens with one attached hydrogen (secondary N) is 2. The van der Waals surface area contributed by atoms with E-state index in [4.69, 9.17) is 9.47 Å². The molecule has 0 aliphatic carbocycles. The fourth-order valence-electron chi connectivity index (χ4n) is 7.00. The summed E-state index contributed by atoms with van der Waals surface area (Å²) in [6.07, 6.45) is -1.14. The molecule has 4 atom stereocenters. The Labute approximate surface area is 337 Å². The Morgan fingerprint density at radius 1 is 0.982 bits per heavy atom. The van der Waals surface area contributed by atoms with Crippen LogP contribution in [0, 0.1) is 25.2 Å². The number of imide groups is 1. The number of carbonyl (C=O) groups is 4. The molecular weight excluding hydrogens is 727 g/mol. The molecule has 14 nitrogen and oxygen atoms in total. The van der Waals surface area contributed by atoms with Crippen molar-refractivity contribution >= 4 is 24.1 Å². The molecule has 57 heavy (non-hydrogen) atoms. The quantitative estimate of drug-likeness (QED) is 0.146. The van der Waals surface area contributed by atoms with Gasteiger partial charge in [0.15, 0.2) is 0 Å². The second kappa shape index (κ2) is 20.3. The van der Waals surface area contributed by atoms with Crippen molar-refractivity contribution in [3.63, 3.8) is 0 Å². The first-order valence-electron chi connectivity index (χ1n) is 19.6. The lowest BCUT2D eigenvalue weighted by atomic mass is 9.95. The minimum atomic E-state index is -1.22. The Bertz CT molecular complexity index is 1820. The van der Waals surface area contributed by atoms with Gasteiger partial charge in [-0.05, 0) is 66.5 Å². The predicted octanol–water partition coefficient (Wildman–Crippen LogP) is 5.69. The Kier molecular flexibility index (Phi) is 15.8. The van der Waals surface area contributed by atoms with Crippen molar-refractivity contribution < 1.29 is 33.8 Å². The van der Waals surface area contributed by atoms with Crippen LogP contribution < -0.4 is 15.5 Å². The molecule has 14 heteroatoms. The van der Waals surface area contributed by atoms with Gasteiger partial charge in [-0.1, -0.05) is 89.6 Å². The molecule has 1 aliphatic heterocycles. The second-order valence-electron chi connectivity index (χ2n) is 16.1. The van der Waals surface area contributed by atoms with Crippen LogP contribution in [0.25, 0.3) is 0 Å². The Morgan fingerprint density at radius 2 is 1.70 bits per heavy atom. The van der Waals surface area contributed by atoms with Gasteiger partial charge in [-0.3, -0.25) is 15.2 Å². The third-order valence-electron chi connectivity index (χ3n) is 10.1. The number of carbonyl (C=O) groups excluding carboxylic acids is 4.